The van der Waals surface area contributed by atoms with Gasteiger partial charge in [0, 0.05) is 22.7 Å². The maximum absolute atomic E-state index is 5.89. The van der Waals surface area contributed by atoms with Crippen molar-refractivity contribution in [3.8, 4) is 11.3 Å². The molecule has 3 rings (SSSR count). The Morgan fingerprint density at radius 1 is 0.905 bits per heavy atom. The number of rotatable bonds is 3. The Bertz CT molecular complexity index is 755. The van der Waals surface area contributed by atoms with E-state index in [1.807, 2.05) is 72.6 Å². The summed E-state index contributed by atoms with van der Waals surface area (Å²) in [6.45, 7) is 0. The second-order valence-corrected chi connectivity index (χ2v) is 5.28. The Hall–Kier alpha value is -2.32. The zero-order valence-electron chi connectivity index (χ0n) is 11.7. The van der Waals surface area contributed by atoms with Crippen LogP contribution in [0.4, 0.5) is 0 Å². The molecule has 2 nitrogen and oxygen atoms in total. The zero-order valence-corrected chi connectivity index (χ0v) is 12.4. The van der Waals surface area contributed by atoms with Gasteiger partial charge in [-0.2, -0.15) is 0 Å². The highest BCUT2D eigenvalue weighted by molar-refractivity contribution is 6.30. The minimum absolute atomic E-state index is 0.725. The number of benzene rings is 1. The summed E-state index contributed by atoms with van der Waals surface area (Å²) >= 11 is 5.89. The van der Waals surface area contributed by atoms with Crippen LogP contribution in [0.1, 0.15) is 11.3 Å². The van der Waals surface area contributed by atoms with Crippen LogP contribution in [0.3, 0.4) is 0 Å². The number of furan rings is 1. The van der Waals surface area contributed by atoms with Crippen LogP contribution in [0.5, 0.6) is 0 Å². The Balaban J connectivity index is 1.78. The Morgan fingerprint density at radius 2 is 1.62 bits per heavy atom. The van der Waals surface area contributed by atoms with Crippen molar-refractivity contribution in [1.29, 1.82) is 0 Å². The molecule has 21 heavy (non-hydrogen) atoms. The highest BCUT2D eigenvalue weighted by atomic mass is 35.5. The maximum atomic E-state index is 5.89. The number of pyridine rings is 1. The molecule has 0 aliphatic heterocycles. The van der Waals surface area contributed by atoms with Crippen LogP contribution in [0.25, 0.3) is 23.5 Å². The Labute approximate surface area is 128 Å². The molecule has 2 heterocycles. The van der Waals surface area contributed by atoms with Crippen LogP contribution < -0.4 is 4.57 Å². The molecule has 3 heteroatoms. The molecule has 0 amide bonds. The van der Waals surface area contributed by atoms with E-state index in [2.05, 4.69) is 12.1 Å². The average Bonchev–Trinajstić information content (AvgIpc) is 2.96. The smallest absolute Gasteiger partial charge is 0.169 e. The van der Waals surface area contributed by atoms with Gasteiger partial charge in [0.05, 0.1) is 0 Å². The van der Waals surface area contributed by atoms with Crippen LogP contribution in [0.15, 0.2) is 65.3 Å². The van der Waals surface area contributed by atoms with E-state index >= 15 is 0 Å². The molecule has 0 saturated heterocycles. The molecule has 0 fully saturated rings. The molecule has 0 N–H and O–H groups in total. The van der Waals surface area contributed by atoms with Crippen molar-refractivity contribution in [3.05, 3.63) is 77.3 Å². The first-order valence-electron chi connectivity index (χ1n) is 6.70. The highest BCUT2D eigenvalue weighted by Gasteiger charge is 2.03. The Kier molecular flexibility index (Phi) is 3.89. The number of aromatic nitrogens is 1. The van der Waals surface area contributed by atoms with Crippen molar-refractivity contribution in [3.63, 3.8) is 0 Å². The fourth-order valence-corrected chi connectivity index (χ4v) is 2.14. The quantitative estimate of drug-likeness (QED) is 0.646. The summed E-state index contributed by atoms with van der Waals surface area (Å²) in [6, 6.07) is 15.7. The third-order valence-corrected chi connectivity index (χ3v) is 3.45. The summed E-state index contributed by atoms with van der Waals surface area (Å²) in [5.74, 6) is 1.67. The van der Waals surface area contributed by atoms with Gasteiger partial charge in [0.1, 0.15) is 18.6 Å². The average molecular weight is 297 g/mol. The summed E-state index contributed by atoms with van der Waals surface area (Å²) < 4.78 is 7.82. The molecule has 1 aromatic carbocycles. The number of aryl methyl sites for hydroxylation is 1. The molecule has 0 saturated carbocycles. The second-order valence-electron chi connectivity index (χ2n) is 4.84. The molecule has 0 unspecified atom stereocenters. The van der Waals surface area contributed by atoms with Crippen LogP contribution >= 0.6 is 11.6 Å². The lowest BCUT2D eigenvalue weighted by atomic mass is 10.2. The molecule has 2 aromatic heterocycles. The number of nitrogens with zero attached hydrogens (tertiary/aromatic N) is 1. The molecule has 0 bridgehead atoms. The largest absolute Gasteiger partial charge is 0.457 e. The van der Waals surface area contributed by atoms with Gasteiger partial charge in [-0.25, -0.2) is 4.57 Å². The van der Waals surface area contributed by atoms with Gasteiger partial charge in [0.2, 0.25) is 0 Å². The monoisotopic (exact) mass is 296 g/mol. The van der Waals surface area contributed by atoms with Crippen molar-refractivity contribution in [2.75, 3.05) is 0 Å². The van der Waals surface area contributed by atoms with Crippen molar-refractivity contribution >= 4 is 23.8 Å². The zero-order chi connectivity index (χ0) is 14.7. The van der Waals surface area contributed by atoms with Gasteiger partial charge < -0.3 is 4.42 Å². The van der Waals surface area contributed by atoms with Gasteiger partial charge in [0.25, 0.3) is 0 Å². The van der Waals surface area contributed by atoms with Crippen molar-refractivity contribution in [2.24, 2.45) is 7.05 Å². The van der Waals surface area contributed by atoms with Gasteiger partial charge in [-0.1, -0.05) is 17.7 Å². The second kappa shape index (κ2) is 5.98. The van der Waals surface area contributed by atoms with E-state index in [-0.39, 0.29) is 0 Å². The molecule has 0 radical (unpaired) electrons. The third-order valence-electron chi connectivity index (χ3n) is 3.20. The summed E-state index contributed by atoms with van der Waals surface area (Å²) in [6.07, 6.45) is 8.03. The first kappa shape index (κ1) is 13.7. The molecule has 3 aromatic rings. The Morgan fingerprint density at radius 3 is 2.33 bits per heavy atom. The fourth-order valence-electron chi connectivity index (χ4n) is 2.01. The van der Waals surface area contributed by atoms with Gasteiger partial charge in [0.15, 0.2) is 12.4 Å². The lowest BCUT2D eigenvalue weighted by molar-refractivity contribution is -0.671. The van der Waals surface area contributed by atoms with E-state index in [1.54, 1.807) is 0 Å². The lowest BCUT2D eigenvalue weighted by Gasteiger charge is -1.96. The first-order valence-corrected chi connectivity index (χ1v) is 7.08. The van der Waals surface area contributed by atoms with Crippen molar-refractivity contribution < 1.29 is 8.98 Å². The molecular weight excluding hydrogens is 282 g/mol. The normalized spacial score (nSPS) is 11.1. The molecule has 0 atom stereocenters. The molecule has 0 spiro atoms. The van der Waals surface area contributed by atoms with Crippen LogP contribution in [0, 0.1) is 0 Å². The SMILES string of the molecule is C[n+]1ccc(/C=C/c2ccc(-c3ccc(Cl)cc3)o2)cc1. The standard InChI is InChI=1S/C18H15ClNO/c1-20-12-10-14(11-13-20)2-7-17-8-9-18(21-17)15-3-5-16(19)6-4-15/h2-13H,1H3/q+1/b7-2+. The minimum atomic E-state index is 0.725. The van der Waals surface area contributed by atoms with Gasteiger partial charge in [-0.15, -0.1) is 0 Å². The van der Waals surface area contributed by atoms with E-state index in [0.717, 1.165) is 27.7 Å². The number of hydrogen-bond donors (Lipinski definition) is 0. The third kappa shape index (κ3) is 3.41. The lowest BCUT2D eigenvalue weighted by Crippen LogP contribution is -2.25. The van der Waals surface area contributed by atoms with E-state index in [0.29, 0.717) is 0 Å². The van der Waals surface area contributed by atoms with E-state index in [4.69, 9.17) is 16.0 Å². The summed E-state index contributed by atoms with van der Waals surface area (Å²) in [7, 11) is 2.00. The summed E-state index contributed by atoms with van der Waals surface area (Å²) in [5, 5.41) is 0.725. The van der Waals surface area contributed by atoms with Crippen molar-refractivity contribution in [2.45, 2.75) is 0 Å². The minimum Gasteiger partial charge on any atom is -0.457 e. The number of halogens is 1. The molecule has 104 valence electrons. The van der Waals surface area contributed by atoms with Crippen molar-refractivity contribution in [1.82, 2.24) is 0 Å². The first-order chi connectivity index (χ1) is 10.2. The molecule has 0 aliphatic carbocycles. The van der Waals surface area contributed by atoms with E-state index in [1.165, 1.54) is 0 Å². The van der Waals surface area contributed by atoms with E-state index in [9.17, 15) is 0 Å². The van der Waals surface area contributed by atoms with Crippen LogP contribution in [-0.2, 0) is 7.05 Å². The fraction of sp³-hybridized carbons (Fsp3) is 0.0556. The summed E-state index contributed by atoms with van der Waals surface area (Å²) in [4.78, 5) is 0. The van der Waals surface area contributed by atoms with Crippen LogP contribution in [0.2, 0.25) is 5.02 Å². The maximum Gasteiger partial charge on any atom is 0.169 e. The van der Waals surface area contributed by atoms with Gasteiger partial charge in [-0.3, -0.25) is 0 Å². The van der Waals surface area contributed by atoms with E-state index < -0.39 is 0 Å². The van der Waals surface area contributed by atoms with Gasteiger partial charge in [-0.05, 0) is 48.0 Å². The number of hydrogen-bond acceptors (Lipinski definition) is 1. The summed E-state index contributed by atoms with van der Waals surface area (Å²) in [5.41, 5.74) is 2.16. The van der Waals surface area contributed by atoms with Gasteiger partial charge >= 0.3 is 0 Å². The molecule has 0 aliphatic rings. The van der Waals surface area contributed by atoms with Crippen LogP contribution in [-0.4, -0.2) is 0 Å². The highest BCUT2D eigenvalue weighted by Crippen LogP contribution is 2.24. The topological polar surface area (TPSA) is 17.0 Å². The predicted molar refractivity (Wildman–Crippen MR) is 85.7 cm³/mol. The molecular formula is C18H15ClNO+. The predicted octanol–water partition coefficient (Wildman–Crippen LogP) is 4.59.